The molecular formula is C23H24N2O3. The SMILES string of the molecule is C/C=C1\[C@@H](C(=O)OCC)[C@@H]2c3ccccc3CCN2N1C(=O)c1ccccc1. The minimum Gasteiger partial charge on any atom is -0.465 e. The number of benzene rings is 2. The van der Waals surface area contributed by atoms with Gasteiger partial charge in [0, 0.05) is 12.1 Å². The van der Waals surface area contributed by atoms with E-state index in [2.05, 4.69) is 12.1 Å². The molecule has 2 aromatic carbocycles. The summed E-state index contributed by atoms with van der Waals surface area (Å²) in [6, 6.07) is 17.1. The largest absolute Gasteiger partial charge is 0.465 e. The zero-order chi connectivity index (χ0) is 19.7. The van der Waals surface area contributed by atoms with Crippen molar-refractivity contribution in [2.45, 2.75) is 26.3 Å². The summed E-state index contributed by atoms with van der Waals surface area (Å²) < 4.78 is 5.41. The van der Waals surface area contributed by atoms with E-state index in [0.29, 0.717) is 24.4 Å². The van der Waals surface area contributed by atoms with Gasteiger partial charge in [-0.25, -0.2) is 10.0 Å². The molecule has 2 aromatic rings. The zero-order valence-corrected chi connectivity index (χ0v) is 16.2. The van der Waals surface area contributed by atoms with E-state index in [1.807, 2.05) is 55.3 Å². The maximum atomic E-state index is 13.4. The van der Waals surface area contributed by atoms with Crippen LogP contribution in [-0.4, -0.2) is 35.0 Å². The molecule has 0 spiro atoms. The van der Waals surface area contributed by atoms with Gasteiger partial charge in [0.05, 0.1) is 18.3 Å². The van der Waals surface area contributed by atoms with Gasteiger partial charge in [-0.1, -0.05) is 48.5 Å². The van der Waals surface area contributed by atoms with Crippen molar-refractivity contribution < 1.29 is 14.3 Å². The highest BCUT2D eigenvalue weighted by atomic mass is 16.5. The molecule has 0 saturated carbocycles. The molecule has 0 aliphatic carbocycles. The molecule has 1 amide bonds. The lowest BCUT2D eigenvalue weighted by atomic mass is 9.85. The average Bonchev–Trinajstić information content (AvgIpc) is 3.08. The van der Waals surface area contributed by atoms with Crippen LogP contribution in [0.5, 0.6) is 0 Å². The summed E-state index contributed by atoms with van der Waals surface area (Å²) in [6.07, 6.45) is 2.70. The molecule has 28 heavy (non-hydrogen) atoms. The molecule has 5 nitrogen and oxygen atoms in total. The van der Waals surface area contributed by atoms with Crippen LogP contribution in [0.1, 0.15) is 41.4 Å². The van der Waals surface area contributed by atoms with Gasteiger partial charge in [-0.15, -0.1) is 0 Å². The number of rotatable bonds is 3. The lowest BCUT2D eigenvalue weighted by Gasteiger charge is -2.36. The van der Waals surface area contributed by atoms with E-state index in [-0.39, 0.29) is 17.9 Å². The third kappa shape index (κ3) is 2.92. The number of allylic oxidation sites excluding steroid dienone is 1. The second-order valence-corrected chi connectivity index (χ2v) is 6.98. The fraction of sp³-hybridized carbons (Fsp3) is 0.304. The van der Waals surface area contributed by atoms with Gasteiger partial charge in [0.15, 0.2) is 0 Å². The van der Waals surface area contributed by atoms with Crippen LogP contribution in [0.25, 0.3) is 0 Å². The Morgan fingerprint density at radius 2 is 1.82 bits per heavy atom. The van der Waals surface area contributed by atoms with Gasteiger partial charge < -0.3 is 4.74 Å². The third-order valence-electron chi connectivity index (χ3n) is 5.49. The normalized spacial score (nSPS) is 22.6. The summed E-state index contributed by atoms with van der Waals surface area (Å²) in [7, 11) is 0. The summed E-state index contributed by atoms with van der Waals surface area (Å²) >= 11 is 0. The maximum Gasteiger partial charge on any atom is 0.317 e. The lowest BCUT2D eigenvalue weighted by molar-refractivity contribution is -0.147. The van der Waals surface area contributed by atoms with Crippen LogP contribution >= 0.6 is 0 Å². The summed E-state index contributed by atoms with van der Waals surface area (Å²) in [5.74, 6) is -0.936. The Balaban J connectivity index is 1.83. The highest BCUT2D eigenvalue weighted by Gasteiger charge is 2.52. The number of fused-ring (bicyclic) bond motifs is 3. The fourth-order valence-corrected chi connectivity index (χ4v) is 4.32. The lowest BCUT2D eigenvalue weighted by Crippen LogP contribution is -2.44. The Morgan fingerprint density at radius 1 is 1.11 bits per heavy atom. The number of carbonyl (C=O) groups excluding carboxylic acids is 2. The maximum absolute atomic E-state index is 13.4. The van der Waals surface area contributed by atoms with Crippen LogP contribution in [-0.2, 0) is 16.0 Å². The van der Waals surface area contributed by atoms with E-state index in [0.717, 1.165) is 12.0 Å². The van der Waals surface area contributed by atoms with Crippen molar-refractivity contribution in [3.8, 4) is 0 Å². The summed E-state index contributed by atoms with van der Waals surface area (Å²) in [4.78, 5) is 26.4. The van der Waals surface area contributed by atoms with Crippen molar-refractivity contribution in [3.63, 3.8) is 0 Å². The number of hydrazine groups is 1. The number of amides is 1. The molecule has 0 bridgehead atoms. The van der Waals surface area contributed by atoms with Crippen LogP contribution in [0.2, 0.25) is 0 Å². The van der Waals surface area contributed by atoms with Crippen molar-refractivity contribution in [1.29, 1.82) is 0 Å². The van der Waals surface area contributed by atoms with Crippen molar-refractivity contribution >= 4 is 11.9 Å². The molecule has 1 fully saturated rings. The van der Waals surface area contributed by atoms with E-state index in [1.165, 1.54) is 5.56 Å². The van der Waals surface area contributed by atoms with Gasteiger partial charge in [-0.05, 0) is 43.5 Å². The van der Waals surface area contributed by atoms with Gasteiger partial charge in [-0.2, -0.15) is 0 Å². The molecule has 2 heterocycles. The Labute approximate surface area is 165 Å². The van der Waals surface area contributed by atoms with Gasteiger partial charge >= 0.3 is 5.97 Å². The average molecular weight is 376 g/mol. The minimum atomic E-state index is -0.529. The molecular weight excluding hydrogens is 352 g/mol. The topological polar surface area (TPSA) is 49.9 Å². The van der Waals surface area contributed by atoms with E-state index >= 15 is 0 Å². The molecule has 0 aromatic heterocycles. The standard InChI is InChI=1S/C23H24N2O3/c1-3-19-20(23(27)28-4-2)21-18-13-9-8-10-16(18)14-15-24(21)25(19)22(26)17-11-6-5-7-12-17/h3,5-13,20-21H,4,14-15H2,1-2H3/b19-3+/t20-,21+/m1/s1. The fourth-order valence-electron chi connectivity index (χ4n) is 4.32. The second-order valence-electron chi connectivity index (χ2n) is 6.98. The summed E-state index contributed by atoms with van der Waals surface area (Å²) in [5, 5.41) is 3.73. The highest BCUT2D eigenvalue weighted by Crippen LogP contribution is 2.48. The van der Waals surface area contributed by atoms with E-state index in [9.17, 15) is 9.59 Å². The van der Waals surface area contributed by atoms with Crippen LogP contribution in [0.15, 0.2) is 66.4 Å². The molecule has 2 atom stereocenters. The number of nitrogens with zero attached hydrogens (tertiary/aromatic N) is 2. The summed E-state index contributed by atoms with van der Waals surface area (Å²) in [5.41, 5.74) is 3.61. The molecule has 4 rings (SSSR count). The van der Waals surface area contributed by atoms with Gasteiger partial charge in [0.2, 0.25) is 0 Å². The highest BCUT2D eigenvalue weighted by molar-refractivity contribution is 5.96. The Hall–Kier alpha value is -2.92. The quantitative estimate of drug-likeness (QED) is 0.766. The smallest absolute Gasteiger partial charge is 0.317 e. The number of hydrogen-bond acceptors (Lipinski definition) is 4. The number of esters is 1. The first-order valence-electron chi connectivity index (χ1n) is 9.74. The first-order chi connectivity index (χ1) is 13.7. The predicted octanol–water partition coefficient (Wildman–Crippen LogP) is 3.74. The molecule has 2 aliphatic rings. The van der Waals surface area contributed by atoms with E-state index in [1.54, 1.807) is 17.1 Å². The Morgan fingerprint density at radius 3 is 2.54 bits per heavy atom. The molecule has 1 saturated heterocycles. The van der Waals surface area contributed by atoms with Gasteiger partial charge in [-0.3, -0.25) is 9.59 Å². The van der Waals surface area contributed by atoms with Crippen LogP contribution in [0, 0.1) is 5.92 Å². The predicted molar refractivity (Wildman–Crippen MR) is 106 cm³/mol. The number of ether oxygens (including phenoxy) is 1. The molecule has 2 aliphatic heterocycles. The van der Waals surface area contributed by atoms with Crippen LogP contribution in [0.4, 0.5) is 0 Å². The molecule has 0 unspecified atom stereocenters. The number of carbonyl (C=O) groups is 2. The Bertz CT molecular complexity index is 922. The monoisotopic (exact) mass is 376 g/mol. The Kier molecular flexibility index (Phi) is 5.01. The molecule has 0 radical (unpaired) electrons. The van der Waals surface area contributed by atoms with Crippen molar-refractivity contribution in [1.82, 2.24) is 10.0 Å². The zero-order valence-electron chi connectivity index (χ0n) is 16.2. The van der Waals surface area contributed by atoms with Gasteiger partial charge in [0.25, 0.3) is 5.91 Å². The van der Waals surface area contributed by atoms with Crippen LogP contribution < -0.4 is 0 Å². The third-order valence-corrected chi connectivity index (χ3v) is 5.49. The minimum absolute atomic E-state index is 0.120. The van der Waals surface area contributed by atoms with Gasteiger partial charge in [0.1, 0.15) is 5.92 Å². The van der Waals surface area contributed by atoms with E-state index in [4.69, 9.17) is 4.74 Å². The molecule has 144 valence electrons. The van der Waals surface area contributed by atoms with Crippen LogP contribution in [0.3, 0.4) is 0 Å². The van der Waals surface area contributed by atoms with E-state index < -0.39 is 5.92 Å². The van der Waals surface area contributed by atoms with Crippen molar-refractivity contribution in [2.75, 3.05) is 13.2 Å². The number of hydrogen-bond donors (Lipinski definition) is 0. The molecule has 5 heteroatoms. The van der Waals surface area contributed by atoms with Crippen molar-refractivity contribution in [2.24, 2.45) is 5.92 Å². The first kappa shape index (κ1) is 18.4. The first-order valence-corrected chi connectivity index (χ1v) is 9.74. The summed E-state index contributed by atoms with van der Waals surface area (Å²) in [6.45, 7) is 4.67. The second kappa shape index (κ2) is 7.60. The van der Waals surface area contributed by atoms with Crippen molar-refractivity contribution in [3.05, 3.63) is 83.1 Å². The molecule has 0 N–H and O–H groups in total.